The minimum absolute atomic E-state index is 0.00404. The fourth-order valence-corrected chi connectivity index (χ4v) is 5.06. The number of amides is 1. The van der Waals surface area contributed by atoms with E-state index in [1.165, 1.54) is 0 Å². The molecule has 168 valence electrons. The second kappa shape index (κ2) is 8.39. The molecule has 1 aliphatic carbocycles. The minimum Gasteiger partial charge on any atom is -0.383 e. The average molecular weight is 433 g/mol. The highest BCUT2D eigenvalue weighted by atomic mass is 19.3. The van der Waals surface area contributed by atoms with Gasteiger partial charge in [0, 0.05) is 55.9 Å². The SMILES string of the molecule is O=C1/C(=C2/COCCN2)c2cc(NC3CCC(F)(F)CC3)ccc2N1C1CCOCC1. The molecule has 4 aliphatic rings. The lowest BCUT2D eigenvalue weighted by Gasteiger charge is -2.32. The number of hydrogen-bond acceptors (Lipinski definition) is 5. The van der Waals surface area contributed by atoms with Crippen LogP contribution in [0.2, 0.25) is 0 Å². The molecule has 0 atom stereocenters. The number of carbonyl (C=O) groups is 1. The molecule has 31 heavy (non-hydrogen) atoms. The Kier molecular flexibility index (Phi) is 5.60. The van der Waals surface area contributed by atoms with E-state index in [0.717, 1.165) is 35.5 Å². The van der Waals surface area contributed by atoms with Crippen molar-refractivity contribution in [2.24, 2.45) is 0 Å². The van der Waals surface area contributed by atoms with Gasteiger partial charge in [0.05, 0.1) is 30.2 Å². The smallest absolute Gasteiger partial charge is 0.261 e. The third-order valence-electron chi connectivity index (χ3n) is 6.73. The molecule has 3 fully saturated rings. The lowest BCUT2D eigenvalue weighted by atomic mass is 9.92. The third kappa shape index (κ3) is 4.15. The van der Waals surface area contributed by atoms with Crippen molar-refractivity contribution < 1.29 is 23.0 Å². The van der Waals surface area contributed by atoms with Crippen molar-refractivity contribution in [2.45, 2.75) is 56.5 Å². The van der Waals surface area contributed by atoms with E-state index in [1.54, 1.807) is 0 Å². The first-order chi connectivity index (χ1) is 15.0. The van der Waals surface area contributed by atoms with Gasteiger partial charge in [0.25, 0.3) is 5.91 Å². The molecule has 2 saturated heterocycles. The molecule has 5 rings (SSSR count). The van der Waals surface area contributed by atoms with Gasteiger partial charge in [0.2, 0.25) is 5.92 Å². The van der Waals surface area contributed by atoms with E-state index >= 15 is 0 Å². The Bertz CT molecular complexity index is 865. The molecule has 6 nitrogen and oxygen atoms in total. The Hall–Kier alpha value is -2.19. The van der Waals surface area contributed by atoms with E-state index in [0.29, 0.717) is 51.4 Å². The maximum atomic E-state index is 13.6. The quantitative estimate of drug-likeness (QED) is 0.714. The van der Waals surface area contributed by atoms with Gasteiger partial charge < -0.3 is 25.0 Å². The van der Waals surface area contributed by atoms with Gasteiger partial charge in [-0.3, -0.25) is 4.79 Å². The maximum absolute atomic E-state index is 13.6. The Morgan fingerprint density at radius 1 is 1.06 bits per heavy atom. The van der Waals surface area contributed by atoms with Gasteiger partial charge in [0.1, 0.15) is 0 Å². The second-order valence-corrected chi connectivity index (χ2v) is 8.86. The Morgan fingerprint density at radius 3 is 2.55 bits per heavy atom. The number of carbonyl (C=O) groups excluding carboxylic acids is 1. The fourth-order valence-electron chi connectivity index (χ4n) is 5.06. The van der Waals surface area contributed by atoms with E-state index in [4.69, 9.17) is 9.47 Å². The molecule has 1 aromatic carbocycles. The number of fused-ring (bicyclic) bond motifs is 1. The van der Waals surface area contributed by atoms with Crippen LogP contribution in [-0.2, 0) is 14.3 Å². The predicted octanol–water partition coefficient (Wildman–Crippen LogP) is 3.53. The molecule has 2 N–H and O–H groups in total. The standard InChI is InChI=1S/C23H29F2N3O3/c24-23(25)7-3-15(4-8-23)27-16-1-2-20-18(13-16)21(19-14-31-12-9-26-19)22(29)28(20)17-5-10-30-11-6-17/h1-2,13,15,17,26-27H,3-12,14H2/b21-19-. The lowest BCUT2D eigenvalue weighted by molar-refractivity contribution is -0.113. The summed E-state index contributed by atoms with van der Waals surface area (Å²) in [6.45, 7) is 2.99. The first kappa shape index (κ1) is 20.7. The zero-order valence-electron chi connectivity index (χ0n) is 17.6. The molecule has 8 heteroatoms. The monoisotopic (exact) mass is 433 g/mol. The number of morpholine rings is 1. The lowest BCUT2D eigenvalue weighted by Crippen LogP contribution is -2.42. The van der Waals surface area contributed by atoms with Crippen molar-refractivity contribution in [3.8, 4) is 0 Å². The predicted molar refractivity (Wildman–Crippen MR) is 114 cm³/mol. The van der Waals surface area contributed by atoms with E-state index < -0.39 is 5.92 Å². The highest BCUT2D eigenvalue weighted by molar-refractivity contribution is 6.33. The number of benzene rings is 1. The van der Waals surface area contributed by atoms with Crippen LogP contribution in [0.25, 0.3) is 5.57 Å². The van der Waals surface area contributed by atoms with Crippen molar-refractivity contribution in [1.29, 1.82) is 0 Å². The average Bonchev–Trinajstić information content (AvgIpc) is 3.07. The molecule has 0 bridgehead atoms. The van der Waals surface area contributed by atoms with Crippen LogP contribution >= 0.6 is 0 Å². The summed E-state index contributed by atoms with van der Waals surface area (Å²) in [7, 11) is 0. The highest BCUT2D eigenvalue weighted by Gasteiger charge is 2.40. The summed E-state index contributed by atoms with van der Waals surface area (Å²) in [5.74, 6) is -2.54. The van der Waals surface area contributed by atoms with Crippen LogP contribution in [0.15, 0.2) is 23.9 Å². The number of halogens is 2. The molecule has 0 aromatic heterocycles. The molecule has 0 spiro atoms. The number of nitrogens with one attached hydrogen (secondary N) is 2. The summed E-state index contributed by atoms with van der Waals surface area (Å²) < 4.78 is 38.1. The molecular formula is C23H29F2N3O3. The minimum atomic E-state index is -2.54. The van der Waals surface area contributed by atoms with Gasteiger partial charge >= 0.3 is 0 Å². The first-order valence-corrected chi connectivity index (χ1v) is 11.3. The summed E-state index contributed by atoms with van der Waals surface area (Å²) in [6.07, 6.45) is 2.35. The first-order valence-electron chi connectivity index (χ1n) is 11.3. The van der Waals surface area contributed by atoms with Crippen molar-refractivity contribution in [1.82, 2.24) is 5.32 Å². The van der Waals surface area contributed by atoms with Gasteiger partial charge in [-0.1, -0.05) is 0 Å². The Labute approximate surface area is 181 Å². The van der Waals surface area contributed by atoms with E-state index in [2.05, 4.69) is 10.6 Å². The molecule has 0 unspecified atom stereocenters. The molecule has 1 aromatic rings. The molecular weight excluding hydrogens is 404 g/mol. The summed E-state index contributed by atoms with van der Waals surface area (Å²) in [5.41, 5.74) is 4.15. The zero-order valence-corrected chi connectivity index (χ0v) is 17.6. The van der Waals surface area contributed by atoms with Crippen LogP contribution in [0, 0.1) is 0 Å². The molecule has 1 amide bonds. The Morgan fingerprint density at radius 2 is 1.84 bits per heavy atom. The number of alkyl halides is 2. The zero-order chi connectivity index (χ0) is 21.4. The number of rotatable bonds is 3. The summed E-state index contributed by atoms with van der Waals surface area (Å²) >= 11 is 0. The van der Waals surface area contributed by atoms with Crippen LogP contribution in [0.5, 0.6) is 0 Å². The van der Waals surface area contributed by atoms with Crippen molar-refractivity contribution in [3.63, 3.8) is 0 Å². The number of nitrogens with zero attached hydrogens (tertiary/aromatic N) is 1. The molecule has 3 aliphatic heterocycles. The second-order valence-electron chi connectivity index (χ2n) is 8.86. The number of hydrogen-bond donors (Lipinski definition) is 2. The van der Waals surface area contributed by atoms with Crippen molar-refractivity contribution >= 4 is 22.9 Å². The normalized spacial score (nSPS) is 27.2. The number of anilines is 2. The van der Waals surface area contributed by atoms with Gasteiger partial charge in [-0.25, -0.2) is 8.78 Å². The summed E-state index contributed by atoms with van der Waals surface area (Å²) in [5, 5.41) is 6.77. The van der Waals surface area contributed by atoms with Crippen LogP contribution in [0.1, 0.15) is 44.1 Å². The van der Waals surface area contributed by atoms with Gasteiger partial charge in [-0.2, -0.15) is 0 Å². The van der Waals surface area contributed by atoms with E-state index in [1.807, 2.05) is 23.1 Å². The fraction of sp³-hybridized carbons (Fsp3) is 0.609. The Balaban J connectivity index is 1.46. The molecule has 1 saturated carbocycles. The van der Waals surface area contributed by atoms with Crippen LogP contribution in [-0.4, -0.2) is 56.9 Å². The maximum Gasteiger partial charge on any atom is 0.261 e. The highest BCUT2D eigenvalue weighted by Crippen LogP contribution is 2.43. The van der Waals surface area contributed by atoms with E-state index in [-0.39, 0.29) is 30.8 Å². The van der Waals surface area contributed by atoms with Crippen LogP contribution in [0.4, 0.5) is 20.2 Å². The van der Waals surface area contributed by atoms with Gasteiger partial charge in [0.15, 0.2) is 0 Å². The van der Waals surface area contributed by atoms with Crippen molar-refractivity contribution in [3.05, 3.63) is 29.5 Å². The van der Waals surface area contributed by atoms with Crippen LogP contribution < -0.4 is 15.5 Å². The van der Waals surface area contributed by atoms with Crippen LogP contribution in [0.3, 0.4) is 0 Å². The topological polar surface area (TPSA) is 62.8 Å². The summed E-state index contributed by atoms with van der Waals surface area (Å²) in [4.78, 5) is 15.5. The largest absolute Gasteiger partial charge is 0.383 e. The van der Waals surface area contributed by atoms with Gasteiger partial charge in [-0.15, -0.1) is 0 Å². The summed E-state index contributed by atoms with van der Waals surface area (Å²) in [6, 6.07) is 6.08. The number of ether oxygens (including phenoxy) is 2. The van der Waals surface area contributed by atoms with E-state index in [9.17, 15) is 13.6 Å². The molecule has 3 heterocycles. The third-order valence-corrected chi connectivity index (χ3v) is 6.73. The van der Waals surface area contributed by atoms with Crippen molar-refractivity contribution in [2.75, 3.05) is 43.2 Å². The van der Waals surface area contributed by atoms with Gasteiger partial charge in [-0.05, 0) is 43.9 Å². The molecule has 0 radical (unpaired) electrons.